The van der Waals surface area contributed by atoms with Gasteiger partial charge in [-0.1, -0.05) is 13.3 Å². The van der Waals surface area contributed by atoms with Gasteiger partial charge in [0.2, 0.25) is 0 Å². The predicted octanol–water partition coefficient (Wildman–Crippen LogP) is 2.71. The number of hydrogen-bond acceptors (Lipinski definition) is 3. The maximum atomic E-state index is 13.2. The number of halogens is 1. The Hall–Kier alpha value is -1.78. The minimum atomic E-state index is -1.23. The number of carboxylic acids is 1. The van der Waals surface area contributed by atoms with E-state index >= 15 is 0 Å². The molecule has 1 rings (SSSR count). The maximum Gasteiger partial charge on any atom is 0.340 e. The number of anilines is 2. The van der Waals surface area contributed by atoms with Gasteiger partial charge in [-0.15, -0.1) is 0 Å². The van der Waals surface area contributed by atoms with Crippen LogP contribution in [0.2, 0.25) is 0 Å². The van der Waals surface area contributed by atoms with Crippen molar-refractivity contribution < 1.29 is 14.3 Å². The van der Waals surface area contributed by atoms with Crippen molar-refractivity contribution in [3.8, 4) is 0 Å². The molecule has 0 aliphatic heterocycles. The second-order valence-corrected chi connectivity index (χ2v) is 4.02. The van der Waals surface area contributed by atoms with Gasteiger partial charge in [0.15, 0.2) is 0 Å². The third kappa shape index (κ3) is 3.09. The first-order valence-corrected chi connectivity index (χ1v) is 5.55. The highest BCUT2D eigenvalue weighted by Crippen LogP contribution is 2.26. The summed E-state index contributed by atoms with van der Waals surface area (Å²) in [5, 5.41) is 12.1. The molecule has 4 nitrogen and oxygen atoms in total. The van der Waals surface area contributed by atoms with Gasteiger partial charge in [0.05, 0.1) is 11.4 Å². The first-order chi connectivity index (χ1) is 7.97. The number of benzene rings is 1. The largest absolute Gasteiger partial charge is 0.478 e. The molecule has 4 N–H and O–H groups in total. The van der Waals surface area contributed by atoms with E-state index in [4.69, 9.17) is 10.8 Å². The topological polar surface area (TPSA) is 75.3 Å². The molecule has 1 aromatic rings. The second kappa shape index (κ2) is 5.52. The summed E-state index contributed by atoms with van der Waals surface area (Å²) in [5.74, 6) is -1.94. The van der Waals surface area contributed by atoms with E-state index in [1.54, 1.807) is 0 Å². The number of carbonyl (C=O) groups is 1. The van der Waals surface area contributed by atoms with Crippen LogP contribution < -0.4 is 11.1 Å². The summed E-state index contributed by atoms with van der Waals surface area (Å²) in [6.45, 7) is 3.98. The molecule has 94 valence electrons. The van der Waals surface area contributed by atoms with Crippen LogP contribution in [0.5, 0.6) is 0 Å². The average molecular weight is 240 g/mol. The van der Waals surface area contributed by atoms with Gasteiger partial charge >= 0.3 is 5.97 Å². The molecule has 1 unspecified atom stereocenters. The molecule has 0 amide bonds. The van der Waals surface area contributed by atoms with Crippen molar-refractivity contribution in [1.82, 2.24) is 0 Å². The molecule has 0 heterocycles. The van der Waals surface area contributed by atoms with E-state index in [0.29, 0.717) is 5.69 Å². The highest BCUT2D eigenvalue weighted by atomic mass is 19.1. The molecule has 0 radical (unpaired) electrons. The van der Waals surface area contributed by atoms with Gasteiger partial charge in [-0.25, -0.2) is 9.18 Å². The van der Waals surface area contributed by atoms with Crippen LogP contribution in [0.3, 0.4) is 0 Å². The Morgan fingerprint density at radius 2 is 2.24 bits per heavy atom. The van der Waals surface area contributed by atoms with Crippen LogP contribution in [0.15, 0.2) is 12.1 Å². The molecule has 0 aromatic heterocycles. The van der Waals surface area contributed by atoms with Gasteiger partial charge < -0.3 is 16.2 Å². The lowest BCUT2D eigenvalue weighted by Crippen LogP contribution is -2.18. The zero-order chi connectivity index (χ0) is 13.0. The summed E-state index contributed by atoms with van der Waals surface area (Å²) in [6.07, 6.45) is 1.88. The van der Waals surface area contributed by atoms with E-state index in [1.165, 1.54) is 12.1 Å². The van der Waals surface area contributed by atoms with Crippen LogP contribution in [0.25, 0.3) is 0 Å². The Morgan fingerprint density at radius 3 is 2.76 bits per heavy atom. The quantitative estimate of drug-likeness (QED) is 0.692. The fraction of sp³-hybridized carbons (Fsp3) is 0.417. The lowest BCUT2D eigenvalue weighted by Gasteiger charge is -2.17. The third-order valence-corrected chi connectivity index (χ3v) is 2.53. The molecule has 17 heavy (non-hydrogen) atoms. The molecular weight excluding hydrogens is 223 g/mol. The molecule has 0 saturated heterocycles. The molecule has 5 heteroatoms. The van der Waals surface area contributed by atoms with Crippen molar-refractivity contribution in [2.75, 3.05) is 11.1 Å². The summed E-state index contributed by atoms with van der Waals surface area (Å²) in [7, 11) is 0. The van der Waals surface area contributed by atoms with Gasteiger partial charge in [0.1, 0.15) is 11.4 Å². The molecule has 1 atom stereocenters. The van der Waals surface area contributed by atoms with Gasteiger partial charge in [0, 0.05) is 6.04 Å². The Bertz CT molecular complexity index is 421. The standard InChI is InChI=1S/C12H17FN2O2/c1-3-4-7(2)15-9-6-5-8(13)11(14)10(9)12(16)17/h5-7,15H,3-4,14H2,1-2H3,(H,16,17). The first kappa shape index (κ1) is 13.3. The van der Waals surface area contributed by atoms with Crippen LogP contribution in [-0.4, -0.2) is 17.1 Å². The summed E-state index contributed by atoms with van der Waals surface area (Å²) in [4.78, 5) is 11.0. The Kier molecular flexibility index (Phi) is 4.31. The van der Waals surface area contributed by atoms with Crippen LogP contribution in [-0.2, 0) is 0 Å². The number of nitrogens with one attached hydrogen (secondary N) is 1. The number of nitrogen functional groups attached to an aromatic ring is 1. The van der Waals surface area contributed by atoms with Gasteiger partial charge in [0.25, 0.3) is 0 Å². The Balaban J connectivity index is 3.07. The van der Waals surface area contributed by atoms with Crippen molar-refractivity contribution in [3.63, 3.8) is 0 Å². The number of aromatic carboxylic acids is 1. The van der Waals surface area contributed by atoms with Gasteiger partial charge in [-0.3, -0.25) is 0 Å². The lowest BCUT2D eigenvalue weighted by molar-refractivity contribution is 0.0698. The molecule has 0 spiro atoms. The fourth-order valence-electron chi connectivity index (χ4n) is 1.72. The van der Waals surface area contributed by atoms with Crippen LogP contribution in [0.4, 0.5) is 15.8 Å². The molecular formula is C12H17FN2O2. The number of carboxylic acid groups (broad SMARTS) is 1. The van der Waals surface area contributed by atoms with Crippen LogP contribution in [0.1, 0.15) is 37.0 Å². The molecule has 0 fully saturated rings. The molecule has 0 saturated carbocycles. The van der Waals surface area contributed by atoms with Crippen molar-refractivity contribution in [2.24, 2.45) is 0 Å². The molecule has 0 aliphatic rings. The van der Waals surface area contributed by atoms with Crippen LogP contribution in [0, 0.1) is 5.82 Å². The zero-order valence-corrected chi connectivity index (χ0v) is 9.96. The van der Waals surface area contributed by atoms with E-state index in [9.17, 15) is 9.18 Å². The fourth-order valence-corrected chi connectivity index (χ4v) is 1.72. The molecule has 0 bridgehead atoms. The van der Waals surface area contributed by atoms with Crippen LogP contribution >= 0.6 is 0 Å². The van der Waals surface area contributed by atoms with E-state index in [-0.39, 0.29) is 17.3 Å². The summed E-state index contributed by atoms with van der Waals surface area (Å²) >= 11 is 0. The highest BCUT2D eigenvalue weighted by Gasteiger charge is 2.18. The van der Waals surface area contributed by atoms with E-state index in [0.717, 1.165) is 12.8 Å². The molecule has 0 aliphatic carbocycles. The second-order valence-electron chi connectivity index (χ2n) is 4.02. The minimum absolute atomic E-state index is 0.114. The number of hydrogen-bond donors (Lipinski definition) is 3. The van der Waals surface area contributed by atoms with Gasteiger partial charge in [-0.05, 0) is 25.5 Å². The Labute approximate surface area is 99.6 Å². The van der Waals surface area contributed by atoms with E-state index in [2.05, 4.69) is 5.32 Å². The average Bonchev–Trinajstić information content (AvgIpc) is 2.23. The SMILES string of the molecule is CCCC(C)Nc1ccc(F)c(N)c1C(=O)O. The maximum absolute atomic E-state index is 13.2. The monoisotopic (exact) mass is 240 g/mol. The number of nitrogens with two attached hydrogens (primary N) is 1. The summed E-state index contributed by atoms with van der Waals surface area (Å²) < 4.78 is 13.2. The normalized spacial score (nSPS) is 12.2. The summed E-state index contributed by atoms with van der Waals surface area (Å²) in [5.41, 5.74) is 5.27. The highest BCUT2D eigenvalue weighted by molar-refractivity contribution is 6.00. The van der Waals surface area contributed by atoms with E-state index < -0.39 is 11.8 Å². The van der Waals surface area contributed by atoms with Crippen molar-refractivity contribution in [1.29, 1.82) is 0 Å². The number of rotatable bonds is 5. The van der Waals surface area contributed by atoms with Gasteiger partial charge in [-0.2, -0.15) is 0 Å². The van der Waals surface area contributed by atoms with Crippen molar-refractivity contribution >= 4 is 17.3 Å². The first-order valence-electron chi connectivity index (χ1n) is 5.55. The predicted molar refractivity (Wildman–Crippen MR) is 65.8 cm³/mol. The third-order valence-electron chi connectivity index (χ3n) is 2.53. The summed E-state index contributed by atoms with van der Waals surface area (Å²) in [6, 6.07) is 2.69. The van der Waals surface area contributed by atoms with Crippen molar-refractivity contribution in [2.45, 2.75) is 32.7 Å². The van der Waals surface area contributed by atoms with Crippen molar-refractivity contribution in [3.05, 3.63) is 23.5 Å². The lowest BCUT2D eigenvalue weighted by atomic mass is 10.1. The zero-order valence-electron chi connectivity index (χ0n) is 9.96. The minimum Gasteiger partial charge on any atom is -0.478 e. The Morgan fingerprint density at radius 1 is 1.59 bits per heavy atom. The smallest absolute Gasteiger partial charge is 0.340 e. The molecule has 1 aromatic carbocycles. The van der Waals surface area contributed by atoms with E-state index in [1.807, 2.05) is 13.8 Å².